The highest BCUT2D eigenvalue weighted by Gasteiger charge is 2.18. The van der Waals surface area contributed by atoms with Gasteiger partial charge < -0.3 is 5.32 Å². The summed E-state index contributed by atoms with van der Waals surface area (Å²) in [5.41, 5.74) is 1.76. The van der Waals surface area contributed by atoms with Gasteiger partial charge in [-0.15, -0.1) is 22.7 Å². The maximum atomic E-state index is 12.1. The number of carbonyl (C=O) groups excluding carboxylic acids is 1. The highest BCUT2D eigenvalue weighted by molar-refractivity contribution is 7.88. The van der Waals surface area contributed by atoms with Crippen molar-refractivity contribution in [2.75, 3.05) is 25.2 Å². The second-order valence-corrected chi connectivity index (χ2v) is 9.25. The third-order valence-corrected chi connectivity index (χ3v) is 6.54. The van der Waals surface area contributed by atoms with Crippen LogP contribution in [0.15, 0.2) is 35.7 Å². The van der Waals surface area contributed by atoms with Crippen LogP contribution in [-0.2, 0) is 14.8 Å². The molecule has 3 aromatic rings. The van der Waals surface area contributed by atoms with Crippen molar-refractivity contribution in [2.45, 2.75) is 0 Å². The molecule has 24 heavy (non-hydrogen) atoms. The van der Waals surface area contributed by atoms with Gasteiger partial charge in [-0.3, -0.25) is 4.79 Å². The fraction of sp³-hybridized carbons (Fsp3) is 0.200. The predicted octanol–water partition coefficient (Wildman–Crippen LogP) is 2.85. The molecule has 0 saturated carbocycles. The summed E-state index contributed by atoms with van der Waals surface area (Å²) in [6.07, 6.45) is 1.07. The summed E-state index contributed by atoms with van der Waals surface area (Å²) in [5, 5.41) is 6.14. The van der Waals surface area contributed by atoms with E-state index >= 15 is 0 Å². The van der Waals surface area contributed by atoms with Gasteiger partial charge in [0.1, 0.15) is 10.0 Å². The lowest BCUT2D eigenvalue weighted by atomic mass is 10.3. The van der Waals surface area contributed by atoms with Gasteiger partial charge in [-0.2, -0.15) is 4.31 Å². The molecular weight excluding hydrogens is 366 g/mol. The Hall–Kier alpha value is -1.81. The Labute approximate surface area is 147 Å². The van der Waals surface area contributed by atoms with Crippen molar-refractivity contribution in [1.29, 1.82) is 0 Å². The van der Waals surface area contributed by atoms with E-state index in [1.54, 1.807) is 11.3 Å². The van der Waals surface area contributed by atoms with Gasteiger partial charge in [0.15, 0.2) is 0 Å². The fourth-order valence-electron chi connectivity index (χ4n) is 2.05. The second kappa shape index (κ2) is 6.60. The topological polar surface area (TPSA) is 79.4 Å². The van der Waals surface area contributed by atoms with Gasteiger partial charge in [-0.1, -0.05) is 12.1 Å². The van der Waals surface area contributed by atoms with E-state index in [1.165, 1.54) is 18.4 Å². The Bertz CT molecular complexity index is 958. The van der Waals surface area contributed by atoms with Crippen molar-refractivity contribution in [1.82, 2.24) is 9.29 Å². The number of nitrogens with one attached hydrogen (secondary N) is 1. The lowest BCUT2D eigenvalue weighted by molar-refractivity contribution is -0.116. The molecule has 3 rings (SSSR count). The first kappa shape index (κ1) is 17.0. The molecule has 9 heteroatoms. The van der Waals surface area contributed by atoms with Crippen molar-refractivity contribution in [3.8, 4) is 10.6 Å². The van der Waals surface area contributed by atoms with Gasteiger partial charge in [-0.25, -0.2) is 13.4 Å². The Kier molecular flexibility index (Phi) is 4.68. The minimum atomic E-state index is -3.39. The van der Waals surface area contributed by atoms with Gasteiger partial charge in [0, 0.05) is 12.6 Å². The number of hydrogen-bond acceptors (Lipinski definition) is 6. The van der Waals surface area contributed by atoms with Crippen molar-refractivity contribution in [3.63, 3.8) is 0 Å². The normalized spacial score (nSPS) is 12.0. The molecule has 0 radical (unpaired) electrons. The summed E-state index contributed by atoms with van der Waals surface area (Å²) in [6, 6.07) is 9.74. The largest absolute Gasteiger partial charge is 0.316 e. The van der Waals surface area contributed by atoms with E-state index < -0.39 is 10.0 Å². The summed E-state index contributed by atoms with van der Waals surface area (Å²) < 4.78 is 24.9. The van der Waals surface area contributed by atoms with Gasteiger partial charge in [0.25, 0.3) is 0 Å². The molecule has 0 spiro atoms. The van der Waals surface area contributed by atoms with Crippen LogP contribution in [0.1, 0.15) is 0 Å². The van der Waals surface area contributed by atoms with Crippen LogP contribution in [0.3, 0.4) is 0 Å². The maximum absolute atomic E-state index is 12.1. The number of thiazole rings is 1. The van der Waals surface area contributed by atoms with Crippen molar-refractivity contribution >= 4 is 53.8 Å². The van der Waals surface area contributed by atoms with Gasteiger partial charge in [0.05, 0.1) is 23.0 Å². The molecule has 126 valence electrons. The van der Waals surface area contributed by atoms with Crippen LogP contribution in [0.4, 0.5) is 5.00 Å². The first-order valence-electron chi connectivity index (χ1n) is 6.99. The third-order valence-electron chi connectivity index (χ3n) is 3.37. The number of para-hydroxylation sites is 1. The van der Waals surface area contributed by atoms with Crippen LogP contribution >= 0.6 is 22.7 Å². The molecule has 0 aliphatic carbocycles. The number of amides is 1. The zero-order valence-electron chi connectivity index (χ0n) is 13.0. The number of rotatable bonds is 5. The van der Waals surface area contributed by atoms with Gasteiger partial charge >= 0.3 is 0 Å². The molecule has 1 N–H and O–H groups in total. The molecule has 1 amide bonds. The minimum absolute atomic E-state index is 0.226. The predicted molar refractivity (Wildman–Crippen MR) is 99.0 cm³/mol. The number of nitrogens with zero attached hydrogens (tertiary/aromatic N) is 2. The average molecular weight is 382 g/mol. The van der Waals surface area contributed by atoms with Crippen molar-refractivity contribution in [3.05, 3.63) is 35.7 Å². The van der Waals surface area contributed by atoms with E-state index in [0.29, 0.717) is 5.00 Å². The SMILES string of the molecule is CN(CC(=O)Nc1sccc1-c1nc2ccccc2s1)S(C)(=O)=O. The monoisotopic (exact) mass is 381 g/mol. The van der Waals surface area contributed by atoms with Crippen molar-refractivity contribution < 1.29 is 13.2 Å². The average Bonchev–Trinajstić information content (AvgIpc) is 3.11. The number of carbonyl (C=O) groups is 1. The van der Waals surface area contributed by atoms with E-state index in [0.717, 1.165) is 31.3 Å². The van der Waals surface area contributed by atoms with Crippen LogP contribution in [0.25, 0.3) is 20.8 Å². The molecule has 6 nitrogen and oxygen atoms in total. The minimum Gasteiger partial charge on any atom is -0.316 e. The summed E-state index contributed by atoms with van der Waals surface area (Å²) in [4.78, 5) is 16.7. The number of likely N-dealkylation sites (N-methyl/N-ethyl adjacent to an activating group) is 1. The first-order valence-corrected chi connectivity index (χ1v) is 10.5. The number of fused-ring (bicyclic) bond motifs is 1. The standard InChI is InChI=1S/C15H15N3O3S3/c1-18(24(2,20)21)9-13(19)17-14-10(7-8-22-14)15-16-11-5-3-4-6-12(11)23-15/h3-8H,9H2,1-2H3,(H,17,19). The highest BCUT2D eigenvalue weighted by Crippen LogP contribution is 2.37. The smallest absolute Gasteiger partial charge is 0.240 e. The number of sulfonamides is 1. The van der Waals surface area contributed by atoms with E-state index in [4.69, 9.17) is 0 Å². The lowest BCUT2D eigenvalue weighted by Crippen LogP contribution is -2.34. The zero-order chi connectivity index (χ0) is 17.3. The quantitative estimate of drug-likeness (QED) is 0.737. The number of benzene rings is 1. The molecule has 0 fully saturated rings. The Morgan fingerprint density at radius 3 is 2.75 bits per heavy atom. The van der Waals surface area contributed by atoms with Gasteiger partial charge in [0.2, 0.25) is 15.9 Å². The van der Waals surface area contributed by atoms with Crippen LogP contribution in [0, 0.1) is 0 Å². The maximum Gasteiger partial charge on any atom is 0.240 e. The van der Waals surface area contributed by atoms with Gasteiger partial charge in [-0.05, 0) is 23.6 Å². The van der Waals surface area contributed by atoms with E-state index in [9.17, 15) is 13.2 Å². The summed E-state index contributed by atoms with van der Waals surface area (Å²) in [6.45, 7) is -0.226. The van der Waals surface area contributed by atoms with E-state index in [-0.39, 0.29) is 12.5 Å². The molecule has 0 saturated heterocycles. The molecular formula is C15H15N3O3S3. The number of anilines is 1. The third kappa shape index (κ3) is 3.64. The number of aromatic nitrogens is 1. The molecule has 0 bridgehead atoms. The first-order chi connectivity index (χ1) is 11.3. The molecule has 0 aliphatic heterocycles. The summed E-state index contributed by atoms with van der Waals surface area (Å²) in [7, 11) is -2.02. The van der Waals surface area contributed by atoms with E-state index in [2.05, 4.69) is 10.3 Å². The second-order valence-electron chi connectivity index (χ2n) is 5.22. The Morgan fingerprint density at radius 2 is 2.04 bits per heavy atom. The zero-order valence-corrected chi connectivity index (χ0v) is 15.5. The molecule has 2 aromatic heterocycles. The van der Waals surface area contributed by atoms with Crippen molar-refractivity contribution in [2.24, 2.45) is 0 Å². The summed E-state index contributed by atoms with van der Waals surface area (Å²) >= 11 is 2.94. The van der Waals surface area contributed by atoms with Crippen LogP contribution in [0.2, 0.25) is 0 Å². The summed E-state index contributed by atoms with van der Waals surface area (Å²) in [5.74, 6) is -0.382. The molecule has 1 aromatic carbocycles. The molecule has 0 aliphatic rings. The molecule has 0 atom stereocenters. The van der Waals surface area contributed by atoms with E-state index in [1.807, 2.05) is 35.7 Å². The lowest BCUT2D eigenvalue weighted by Gasteiger charge is -2.13. The Balaban J connectivity index is 1.82. The molecule has 0 unspecified atom stereocenters. The fourth-order valence-corrected chi connectivity index (χ4v) is 4.27. The molecule has 2 heterocycles. The van der Waals surface area contributed by atoms with Crippen LogP contribution < -0.4 is 5.32 Å². The highest BCUT2D eigenvalue weighted by atomic mass is 32.2. The van der Waals surface area contributed by atoms with Crippen LogP contribution in [-0.4, -0.2) is 43.5 Å². The van der Waals surface area contributed by atoms with Crippen LogP contribution in [0.5, 0.6) is 0 Å². The number of hydrogen-bond donors (Lipinski definition) is 1. The Morgan fingerprint density at radius 1 is 1.29 bits per heavy atom. The number of thiophene rings is 1.